The summed E-state index contributed by atoms with van der Waals surface area (Å²) in [6, 6.07) is 7.57. The number of aromatic nitrogens is 2. The van der Waals surface area contributed by atoms with Gasteiger partial charge in [-0.15, -0.1) is 0 Å². The Kier molecular flexibility index (Phi) is 5.49. The Morgan fingerprint density at radius 2 is 2.00 bits per heavy atom. The van der Waals surface area contributed by atoms with Crippen LogP contribution in [-0.2, 0) is 0 Å². The van der Waals surface area contributed by atoms with Crippen LogP contribution in [0.2, 0.25) is 0 Å². The van der Waals surface area contributed by atoms with Gasteiger partial charge in [0.05, 0.1) is 0 Å². The molecule has 116 valence electrons. The summed E-state index contributed by atoms with van der Waals surface area (Å²) in [5, 5.41) is 5.96. The molecule has 0 bridgehead atoms. The number of rotatable bonds is 5. The number of nitrogens with one attached hydrogen (secondary N) is 2. The summed E-state index contributed by atoms with van der Waals surface area (Å²) in [6.07, 6.45) is 0.888. The number of carbonyl (C=O) groups excluding carboxylic acids is 1. The molecule has 2 N–H and O–H groups in total. The van der Waals surface area contributed by atoms with Crippen LogP contribution in [0.1, 0.15) is 35.1 Å². The lowest BCUT2D eigenvalue weighted by Gasteiger charge is -2.09. The van der Waals surface area contributed by atoms with E-state index in [1.54, 1.807) is 6.07 Å². The van der Waals surface area contributed by atoms with Crippen LogP contribution >= 0.6 is 15.9 Å². The van der Waals surface area contributed by atoms with Gasteiger partial charge in [0.15, 0.2) is 0 Å². The van der Waals surface area contributed by atoms with E-state index in [-0.39, 0.29) is 5.91 Å². The lowest BCUT2D eigenvalue weighted by atomic mass is 10.2. The first-order valence-electron chi connectivity index (χ1n) is 7.16. The third kappa shape index (κ3) is 4.27. The molecule has 22 heavy (non-hydrogen) atoms. The summed E-state index contributed by atoms with van der Waals surface area (Å²) in [7, 11) is 0. The van der Waals surface area contributed by atoms with E-state index in [4.69, 9.17) is 0 Å². The second-order valence-corrected chi connectivity index (χ2v) is 5.92. The van der Waals surface area contributed by atoms with Crippen molar-refractivity contribution in [3.05, 3.63) is 45.7 Å². The highest BCUT2D eigenvalue weighted by Crippen LogP contribution is 2.22. The van der Waals surface area contributed by atoms with Gasteiger partial charge in [-0.2, -0.15) is 0 Å². The molecule has 0 spiro atoms. The topological polar surface area (TPSA) is 66.9 Å². The smallest absolute Gasteiger partial charge is 0.270 e. The van der Waals surface area contributed by atoms with Gasteiger partial charge in [-0.1, -0.05) is 22.9 Å². The maximum atomic E-state index is 12.0. The molecule has 6 heteroatoms. The zero-order valence-electron chi connectivity index (χ0n) is 12.9. The summed E-state index contributed by atoms with van der Waals surface area (Å²) in [6.45, 7) is 6.50. The van der Waals surface area contributed by atoms with Gasteiger partial charge in [-0.3, -0.25) is 4.79 Å². The van der Waals surface area contributed by atoms with Crippen LogP contribution in [0.3, 0.4) is 0 Å². The molecule has 1 heterocycles. The van der Waals surface area contributed by atoms with Gasteiger partial charge in [0.25, 0.3) is 5.91 Å². The minimum Gasteiger partial charge on any atom is -0.351 e. The van der Waals surface area contributed by atoms with E-state index < -0.39 is 0 Å². The molecule has 0 atom stereocenters. The number of hydrogen-bond donors (Lipinski definition) is 2. The second kappa shape index (κ2) is 7.35. The summed E-state index contributed by atoms with van der Waals surface area (Å²) in [5.41, 5.74) is 3.11. The summed E-state index contributed by atoms with van der Waals surface area (Å²) in [4.78, 5) is 20.6. The predicted molar refractivity (Wildman–Crippen MR) is 91.6 cm³/mol. The minimum absolute atomic E-state index is 0.178. The lowest BCUT2D eigenvalue weighted by molar-refractivity contribution is 0.0948. The van der Waals surface area contributed by atoms with Crippen molar-refractivity contribution < 1.29 is 4.79 Å². The van der Waals surface area contributed by atoms with Crippen LogP contribution < -0.4 is 10.6 Å². The van der Waals surface area contributed by atoms with Crippen molar-refractivity contribution in [3.63, 3.8) is 0 Å². The molecule has 0 unspecified atom stereocenters. The normalized spacial score (nSPS) is 10.4. The fraction of sp³-hybridized carbons (Fsp3) is 0.312. The molecule has 0 aliphatic rings. The van der Waals surface area contributed by atoms with E-state index in [1.165, 1.54) is 0 Å². The molecule has 5 nitrogen and oxygen atoms in total. The van der Waals surface area contributed by atoms with Gasteiger partial charge in [0, 0.05) is 22.4 Å². The Labute approximate surface area is 138 Å². The number of amides is 1. The van der Waals surface area contributed by atoms with E-state index in [1.807, 2.05) is 39.0 Å². The molecule has 2 rings (SSSR count). The van der Waals surface area contributed by atoms with E-state index >= 15 is 0 Å². The Morgan fingerprint density at radius 3 is 2.68 bits per heavy atom. The first-order chi connectivity index (χ1) is 10.5. The zero-order valence-corrected chi connectivity index (χ0v) is 14.5. The van der Waals surface area contributed by atoms with Crippen molar-refractivity contribution in [3.8, 4) is 0 Å². The van der Waals surface area contributed by atoms with Crippen molar-refractivity contribution in [2.45, 2.75) is 27.2 Å². The van der Waals surface area contributed by atoms with Crippen molar-refractivity contribution in [2.24, 2.45) is 0 Å². The molecule has 0 aliphatic heterocycles. The molecule has 1 aromatic heterocycles. The summed E-state index contributed by atoms with van der Waals surface area (Å²) >= 11 is 3.47. The zero-order chi connectivity index (χ0) is 16.1. The van der Waals surface area contributed by atoms with Crippen molar-refractivity contribution in [1.29, 1.82) is 0 Å². The maximum Gasteiger partial charge on any atom is 0.270 e. The van der Waals surface area contributed by atoms with Crippen molar-refractivity contribution >= 4 is 33.5 Å². The van der Waals surface area contributed by atoms with Gasteiger partial charge in [0.2, 0.25) is 5.95 Å². The van der Waals surface area contributed by atoms with Gasteiger partial charge in [-0.05, 0) is 50.1 Å². The molecule has 1 aromatic carbocycles. The molecular formula is C16H19BrN4O. The number of nitrogens with zero attached hydrogens (tertiary/aromatic N) is 2. The SMILES string of the molecule is CCCNC(=O)c1cc(C)nc(Nc2ccc(Br)c(C)c2)n1. The first-order valence-corrected chi connectivity index (χ1v) is 7.96. The molecule has 0 saturated carbocycles. The summed E-state index contributed by atoms with van der Waals surface area (Å²) < 4.78 is 1.04. The van der Waals surface area contributed by atoms with Crippen LogP contribution in [0.5, 0.6) is 0 Å². The molecule has 2 aromatic rings. The number of aryl methyl sites for hydroxylation is 2. The lowest BCUT2D eigenvalue weighted by Crippen LogP contribution is -2.25. The third-order valence-corrected chi connectivity index (χ3v) is 3.93. The van der Waals surface area contributed by atoms with E-state index in [2.05, 4.69) is 36.5 Å². The van der Waals surface area contributed by atoms with E-state index in [0.29, 0.717) is 18.2 Å². The van der Waals surface area contributed by atoms with Gasteiger partial charge >= 0.3 is 0 Å². The largest absolute Gasteiger partial charge is 0.351 e. The Bertz CT molecular complexity index is 688. The number of hydrogen-bond acceptors (Lipinski definition) is 4. The number of benzene rings is 1. The van der Waals surface area contributed by atoms with Crippen LogP contribution in [0.4, 0.5) is 11.6 Å². The number of anilines is 2. The highest BCUT2D eigenvalue weighted by Gasteiger charge is 2.10. The van der Waals surface area contributed by atoms with E-state index in [0.717, 1.165) is 27.8 Å². The van der Waals surface area contributed by atoms with Gasteiger partial charge in [-0.25, -0.2) is 9.97 Å². The van der Waals surface area contributed by atoms with Gasteiger partial charge in [0.1, 0.15) is 5.69 Å². The van der Waals surface area contributed by atoms with Crippen LogP contribution in [0.25, 0.3) is 0 Å². The van der Waals surface area contributed by atoms with Crippen LogP contribution in [0.15, 0.2) is 28.7 Å². The summed E-state index contributed by atoms with van der Waals surface area (Å²) in [5.74, 6) is 0.241. The van der Waals surface area contributed by atoms with Gasteiger partial charge < -0.3 is 10.6 Å². The molecule has 0 fully saturated rings. The fourth-order valence-corrected chi connectivity index (χ4v) is 2.17. The minimum atomic E-state index is -0.178. The quantitative estimate of drug-likeness (QED) is 0.849. The molecule has 0 saturated heterocycles. The number of carbonyl (C=O) groups is 1. The fourth-order valence-electron chi connectivity index (χ4n) is 1.92. The molecule has 0 aliphatic carbocycles. The monoisotopic (exact) mass is 362 g/mol. The Hall–Kier alpha value is -1.95. The highest BCUT2D eigenvalue weighted by molar-refractivity contribution is 9.10. The molecule has 1 amide bonds. The Morgan fingerprint density at radius 1 is 1.23 bits per heavy atom. The average Bonchev–Trinajstić information content (AvgIpc) is 2.48. The predicted octanol–water partition coefficient (Wildman–Crippen LogP) is 3.74. The van der Waals surface area contributed by atoms with Crippen molar-refractivity contribution in [1.82, 2.24) is 15.3 Å². The average molecular weight is 363 g/mol. The molecule has 0 radical (unpaired) electrons. The Balaban J connectivity index is 2.22. The van der Waals surface area contributed by atoms with E-state index in [9.17, 15) is 4.79 Å². The van der Waals surface area contributed by atoms with Crippen LogP contribution in [0, 0.1) is 13.8 Å². The molecular weight excluding hydrogens is 344 g/mol. The maximum absolute atomic E-state index is 12.0. The standard InChI is InChI=1S/C16H19BrN4O/c1-4-7-18-15(22)14-9-11(3)19-16(21-14)20-12-5-6-13(17)10(2)8-12/h5-6,8-9H,4,7H2,1-3H3,(H,18,22)(H,19,20,21). The highest BCUT2D eigenvalue weighted by atomic mass is 79.9. The third-order valence-electron chi connectivity index (χ3n) is 3.04. The van der Waals surface area contributed by atoms with Crippen LogP contribution in [-0.4, -0.2) is 22.4 Å². The van der Waals surface area contributed by atoms with Crippen molar-refractivity contribution in [2.75, 3.05) is 11.9 Å². The second-order valence-electron chi connectivity index (χ2n) is 5.06. The number of halogens is 1. The first kappa shape index (κ1) is 16.4.